The second-order valence-corrected chi connectivity index (χ2v) is 5.88. The Morgan fingerprint density at radius 3 is 2.72 bits per heavy atom. The standard InChI is InChI=1S/C17H17N5O3/c1-11-14(17(25)20-19-11)8-15(23)21-5-6-22(16(24)10-21)13-4-2-3-12(7-13)9-18/h2-4,7H,5-6,8,10H2,1H3,(H2,19,20,25). The summed E-state index contributed by atoms with van der Waals surface area (Å²) in [6.07, 6.45) is -0.0398. The molecule has 0 radical (unpaired) electrons. The molecule has 0 spiro atoms. The predicted molar refractivity (Wildman–Crippen MR) is 89.9 cm³/mol. The number of piperazine rings is 1. The number of H-pyrrole nitrogens is 2. The molecule has 2 N–H and O–H groups in total. The van der Waals surface area contributed by atoms with Crippen LogP contribution < -0.4 is 10.5 Å². The molecule has 8 heteroatoms. The number of aryl methyl sites for hydroxylation is 1. The molecule has 2 aromatic rings. The third-order valence-electron chi connectivity index (χ3n) is 4.28. The number of nitrogens with one attached hydrogen (secondary N) is 2. The van der Waals surface area contributed by atoms with Crippen molar-refractivity contribution in [3.05, 3.63) is 51.4 Å². The van der Waals surface area contributed by atoms with E-state index in [1.807, 2.05) is 6.07 Å². The van der Waals surface area contributed by atoms with Crippen LogP contribution in [0, 0.1) is 18.3 Å². The summed E-state index contributed by atoms with van der Waals surface area (Å²) in [5, 5.41) is 14.1. The van der Waals surface area contributed by atoms with Crippen LogP contribution in [0.15, 0.2) is 29.1 Å². The van der Waals surface area contributed by atoms with Crippen LogP contribution in [0.3, 0.4) is 0 Å². The number of rotatable bonds is 3. The molecule has 1 aliphatic heterocycles. The maximum atomic E-state index is 12.4. The number of carbonyl (C=O) groups excluding carboxylic acids is 2. The number of aromatic nitrogens is 2. The van der Waals surface area contributed by atoms with Crippen LogP contribution in [-0.4, -0.2) is 46.5 Å². The van der Waals surface area contributed by atoms with Crippen molar-refractivity contribution >= 4 is 17.5 Å². The Morgan fingerprint density at radius 1 is 1.28 bits per heavy atom. The zero-order valence-corrected chi connectivity index (χ0v) is 13.7. The van der Waals surface area contributed by atoms with Crippen LogP contribution in [0.4, 0.5) is 5.69 Å². The molecule has 2 heterocycles. The average molecular weight is 339 g/mol. The average Bonchev–Trinajstić information content (AvgIpc) is 2.93. The minimum absolute atomic E-state index is 0.0398. The van der Waals surface area contributed by atoms with E-state index in [4.69, 9.17) is 5.26 Å². The molecular weight excluding hydrogens is 322 g/mol. The first-order valence-electron chi connectivity index (χ1n) is 7.84. The van der Waals surface area contributed by atoms with Gasteiger partial charge in [0, 0.05) is 30.0 Å². The number of aromatic amines is 2. The van der Waals surface area contributed by atoms with Crippen LogP contribution >= 0.6 is 0 Å². The summed E-state index contributed by atoms with van der Waals surface area (Å²) in [6, 6.07) is 8.85. The highest BCUT2D eigenvalue weighted by atomic mass is 16.2. The lowest BCUT2D eigenvalue weighted by atomic mass is 10.1. The highest BCUT2D eigenvalue weighted by Crippen LogP contribution is 2.19. The number of nitrogens with zero attached hydrogens (tertiary/aromatic N) is 3. The first kappa shape index (κ1) is 16.5. The van der Waals surface area contributed by atoms with Gasteiger partial charge in [-0.25, -0.2) is 0 Å². The molecule has 1 aromatic carbocycles. The number of anilines is 1. The van der Waals surface area contributed by atoms with Crippen molar-refractivity contribution in [2.24, 2.45) is 0 Å². The minimum Gasteiger partial charge on any atom is -0.331 e. The summed E-state index contributed by atoms with van der Waals surface area (Å²) in [7, 11) is 0. The van der Waals surface area contributed by atoms with E-state index in [9.17, 15) is 14.4 Å². The highest BCUT2D eigenvalue weighted by Gasteiger charge is 2.28. The molecular formula is C17H17N5O3. The van der Waals surface area contributed by atoms with E-state index < -0.39 is 0 Å². The second kappa shape index (κ2) is 6.65. The number of hydrogen-bond donors (Lipinski definition) is 2. The Hall–Kier alpha value is -3.34. The number of nitriles is 1. The Morgan fingerprint density at radius 2 is 2.08 bits per heavy atom. The van der Waals surface area contributed by atoms with Gasteiger partial charge in [-0.15, -0.1) is 0 Å². The van der Waals surface area contributed by atoms with E-state index >= 15 is 0 Å². The molecule has 0 unspecified atom stereocenters. The van der Waals surface area contributed by atoms with Gasteiger partial charge in [0.2, 0.25) is 11.8 Å². The monoisotopic (exact) mass is 339 g/mol. The van der Waals surface area contributed by atoms with Crippen LogP contribution in [0.2, 0.25) is 0 Å². The van der Waals surface area contributed by atoms with E-state index in [0.717, 1.165) is 0 Å². The van der Waals surface area contributed by atoms with Crippen molar-refractivity contribution < 1.29 is 9.59 Å². The molecule has 8 nitrogen and oxygen atoms in total. The number of hydrogen-bond acceptors (Lipinski definition) is 4. The molecule has 0 aliphatic carbocycles. The van der Waals surface area contributed by atoms with Crippen molar-refractivity contribution in [3.63, 3.8) is 0 Å². The SMILES string of the molecule is Cc1[nH][nH]c(=O)c1CC(=O)N1CCN(c2cccc(C#N)c2)C(=O)C1. The van der Waals surface area contributed by atoms with E-state index in [1.54, 1.807) is 36.1 Å². The molecule has 1 aromatic heterocycles. The Bertz CT molecular complexity index is 921. The lowest BCUT2D eigenvalue weighted by Gasteiger charge is -2.34. The minimum atomic E-state index is -0.316. The molecule has 1 fully saturated rings. The summed E-state index contributed by atoms with van der Waals surface area (Å²) >= 11 is 0. The largest absolute Gasteiger partial charge is 0.331 e. The molecule has 3 rings (SSSR count). The Kier molecular flexibility index (Phi) is 4.39. The van der Waals surface area contributed by atoms with Crippen molar-refractivity contribution in [2.75, 3.05) is 24.5 Å². The van der Waals surface area contributed by atoms with E-state index in [1.165, 1.54) is 4.90 Å². The third-order valence-corrected chi connectivity index (χ3v) is 4.28. The second-order valence-electron chi connectivity index (χ2n) is 5.88. The number of amides is 2. The third kappa shape index (κ3) is 3.30. The molecule has 2 amide bonds. The number of carbonyl (C=O) groups is 2. The molecule has 25 heavy (non-hydrogen) atoms. The fraction of sp³-hybridized carbons (Fsp3) is 0.294. The fourth-order valence-corrected chi connectivity index (χ4v) is 2.85. The normalized spacial score (nSPS) is 14.5. The summed E-state index contributed by atoms with van der Waals surface area (Å²) in [5.41, 5.74) is 1.82. The highest BCUT2D eigenvalue weighted by molar-refractivity contribution is 5.98. The van der Waals surface area contributed by atoms with Crippen molar-refractivity contribution in [1.29, 1.82) is 5.26 Å². The van der Waals surface area contributed by atoms with Gasteiger partial charge in [0.05, 0.1) is 18.1 Å². The van der Waals surface area contributed by atoms with Gasteiger partial charge in [0.25, 0.3) is 5.56 Å². The van der Waals surface area contributed by atoms with Crippen LogP contribution in [0.25, 0.3) is 0 Å². The van der Waals surface area contributed by atoms with Gasteiger partial charge in [0.15, 0.2) is 0 Å². The zero-order valence-electron chi connectivity index (χ0n) is 13.7. The maximum Gasteiger partial charge on any atom is 0.267 e. The van der Waals surface area contributed by atoms with Crippen molar-refractivity contribution in [3.8, 4) is 6.07 Å². The summed E-state index contributed by atoms with van der Waals surface area (Å²) < 4.78 is 0. The van der Waals surface area contributed by atoms with Crippen LogP contribution in [0.1, 0.15) is 16.8 Å². The molecule has 0 atom stereocenters. The lowest BCUT2D eigenvalue weighted by Crippen LogP contribution is -2.53. The first-order chi connectivity index (χ1) is 12.0. The predicted octanol–water partition coefficient (Wildman–Crippen LogP) is 0.301. The fourth-order valence-electron chi connectivity index (χ4n) is 2.85. The van der Waals surface area contributed by atoms with Gasteiger partial charge in [0.1, 0.15) is 6.54 Å². The van der Waals surface area contributed by atoms with Crippen LogP contribution in [-0.2, 0) is 16.0 Å². The maximum absolute atomic E-state index is 12.4. The van der Waals surface area contributed by atoms with E-state index in [2.05, 4.69) is 10.2 Å². The molecule has 0 saturated carbocycles. The quantitative estimate of drug-likeness (QED) is 0.837. The van der Waals surface area contributed by atoms with Gasteiger partial charge in [-0.2, -0.15) is 5.26 Å². The van der Waals surface area contributed by atoms with Crippen molar-refractivity contribution in [1.82, 2.24) is 15.1 Å². The summed E-state index contributed by atoms with van der Waals surface area (Å²) in [5.74, 6) is -0.471. The Balaban J connectivity index is 1.69. The molecule has 1 aliphatic rings. The van der Waals surface area contributed by atoms with Gasteiger partial charge >= 0.3 is 0 Å². The summed E-state index contributed by atoms with van der Waals surface area (Å²) in [4.78, 5) is 39.5. The molecule has 128 valence electrons. The van der Waals surface area contributed by atoms with Gasteiger partial charge in [-0.05, 0) is 25.1 Å². The van der Waals surface area contributed by atoms with Gasteiger partial charge in [-0.3, -0.25) is 19.5 Å². The smallest absolute Gasteiger partial charge is 0.267 e. The zero-order chi connectivity index (χ0) is 18.0. The number of benzene rings is 1. The van der Waals surface area contributed by atoms with Gasteiger partial charge < -0.3 is 14.9 Å². The van der Waals surface area contributed by atoms with E-state index in [-0.39, 0.29) is 30.3 Å². The van der Waals surface area contributed by atoms with Gasteiger partial charge in [-0.1, -0.05) is 6.07 Å². The van der Waals surface area contributed by atoms with Crippen LogP contribution in [0.5, 0.6) is 0 Å². The Labute approximate surface area is 143 Å². The van der Waals surface area contributed by atoms with E-state index in [0.29, 0.717) is 35.6 Å². The van der Waals surface area contributed by atoms with Crippen molar-refractivity contribution in [2.45, 2.75) is 13.3 Å². The molecule has 0 bridgehead atoms. The summed E-state index contributed by atoms with van der Waals surface area (Å²) in [6.45, 7) is 2.40. The lowest BCUT2D eigenvalue weighted by molar-refractivity contribution is -0.136. The first-order valence-corrected chi connectivity index (χ1v) is 7.84. The molecule has 1 saturated heterocycles. The topological polar surface area (TPSA) is 113 Å².